The minimum Gasteiger partial charge on any atom is -0.258 e. The lowest BCUT2D eigenvalue weighted by Crippen LogP contribution is -2.06. The Kier molecular flexibility index (Phi) is 3.30. The number of hydrogen-bond acceptors (Lipinski definition) is 4. The number of rotatable bonds is 3. The van der Waals surface area contributed by atoms with E-state index in [-0.39, 0.29) is 4.90 Å². The largest absolute Gasteiger partial charge is 0.291 e. The van der Waals surface area contributed by atoms with E-state index in [0.717, 1.165) is 12.1 Å². The van der Waals surface area contributed by atoms with Crippen molar-refractivity contribution in [2.45, 2.75) is 9.79 Å². The van der Waals surface area contributed by atoms with E-state index in [1.165, 1.54) is 24.3 Å². The molecule has 0 spiro atoms. The van der Waals surface area contributed by atoms with E-state index in [1.807, 2.05) is 0 Å². The fourth-order valence-corrected chi connectivity index (χ4v) is 3.01. The van der Waals surface area contributed by atoms with Crippen molar-refractivity contribution in [1.82, 2.24) is 0 Å². The van der Waals surface area contributed by atoms with E-state index in [2.05, 4.69) is 0 Å². The van der Waals surface area contributed by atoms with Crippen molar-refractivity contribution in [2.24, 2.45) is 0 Å². The van der Waals surface area contributed by atoms with Gasteiger partial charge in [0.05, 0.1) is 15.9 Å². The average molecular weight is 281 g/mol. The van der Waals surface area contributed by atoms with Crippen LogP contribution in [0.15, 0.2) is 58.3 Å². The Hall–Kier alpha value is -2.28. The molecule has 0 saturated heterocycles. The SMILES string of the molecule is O=[N+]([O-])c1cc(F)ccc1S(=O)(=O)c1ccccc1. The van der Waals surface area contributed by atoms with Gasteiger partial charge in [0.25, 0.3) is 5.69 Å². The highest BCUT2D eigenvalue weighted by molar-refractivity contribution is 7.91. The highest BCUT2D eigenvalue weighted by Crippen LogP contribution is 2.29. The van der Waals surface area contributed by atoms with Crippen LogP contribution in [0.2, 0.25) is 0 Å². The summed E-state index contributed by atoms with van der Waals surface area (Å²) in [5.74, 6) is -0.862. The number of nitrogens with zero attached hydrogens (tertiary/aromatic N) is 1. The van der Waals surface area contributed by atoms with Crippen molar-refractivity contribution in [3.05, 3.63) is 64.5 Å². The lowest BCUT2D eigenvalue weighted by molar-refractivity contribution is -0.388. The van der Waals surface area contributed by atoms with Gasteiger partial charge in [-0.3, -0.25) is 10.1 Å². The smallest absolute Gasteiger partial charge is 0.258 e. The number of nitro groups is 1. The second kappa shape index (κ2) is 4.77. The van der Waals surface area contributed by atoms with Crippen molar-refractivity contribution < 1.29 is 17.7 Å². The first-order valence-electron chi connectivity index (χ1n) is 5.17. The molecule has 2 aromatic carbocycles. The highest BCUT2D eigenvalue weighted by atomic mass is 32.2. The molecule has 0 saturated carbocycles. The summed E-state index contributed by atoms with van der Waals surface area (Å²) >= 11 is 0. The van der Waals surface area contributed by atoms with Crippen LogP contribution in [0.1, 0.15) is 0 Å². The first-order chi connectivity index (χ1) is 8.93. The van der Waals surface area contributed by atoms with Crippen molar-refractivity contribution >= 4 is 15.5 Å². The number of benzene rings is 2. The molecule has 2 aromatic rings. The maximum atomic E-state index is 13.0. The van der Waals surface area contributed by atoms with Crippen LogP contribution in [0.5, 0.6) is 0 Å². The third kappa shape index (κ3) is 2.45. The van der Waals surface area contributed by atoms with Gasteiger partial charge in [-0.1, -0.05) is 18.2 Å². The first-order valence-corrected chi connectivity index (χ1v) is 6.65. The molecule has 7 heteroatoms. The summed E-state index contributed by atoms with van der Waals surface area (Å²) in [4.78, 5) is 9.31. The molecule has 19 heavy (non-hydrogen) atoms. The van der Waals surface area contributed by atoms with Gasteiger partial charge < -0.3 is 0 Å². The van der Waals surface area contributed by atoms with Crippen LogP contribution in [-0.2, 0) is 9.84 Å². The predicted molar refractivity (Wildman–Crippen MR) is 64.9 cm³/mol. The van der Waals surface area contributed by atoms with Crippen LogP contribution in [0.3, 0.4) is 0 Å². The molecule has 0 aromatic heterocycles. The molecule has 0 fully saturated rings. The molecule has 98 valence electrons. The van der Waals surface area contributed by atoms with E-state index in [9.17, 15) is 22.9 Å². The summed E-state index contributed by atoms with van der Waals surface area (Å²) in [6.45, 7) is 0. The van der Waals surface area contributed by atoms with E-state index in [1.54, 1.807) is 6.07 Å². The Morgan fingerprint density at radius 2 is 1.68 bits per heavy atom. The summed E-state index contributed by atoms with van der Waals surface area (Å²) < 4.78 is 37.5. The summed E-state index contributed by atoms with van der Waals surface area (Å²) in [5, 5.41) is 10.8. The molecule has 2 rings (SSSR count). The molecule has 0 N–H and O–H groups in total. The molecule has 0 aliphatic rings. The fraction of sp³-hybridized carbons (Fsp3) is 0. The van der Waals surface area contributed by atoms with Crippen molar-refractivity contribution in [3.8, 4) is 0 Å². The predicted octanol–water partition coefficient (Wildman–Crippen LogP) is 2.57. The Morgan fingerprint density at radius 3 is 2.26 bits per heavy atom. The molecule has 0 aliphatic heterocycles. The van der Waals surface area contributed by atoms with Gasteiger partial charge in [-0.25, -0.2) is 12.8 Å². The zero-order chi connectivity index (χ0) is 14.0. The van der Waals surface area contributed by atoms with Gasteiger partial charge in [-0.2, -0.15) is 0 Å². The maximum Gasteiger partial charge on any atom is 0.291 e. The fourth-order valence-electron chi connectivity index (χ4n) is 1.59. The second-order valence-electron chi connectivity index (χ2n) is 3.69. The Bertz CT molecular complexity index is 729. The number of halogens is 1. The van der Waals surface area contributed by atoms with Crippen LogP contribution in [-0.4, -0.2) is 13.3 Å². The van der Waals surface area contributed by atoms with Crippen LogP contribution < -0.4 is 0 Å². The number of hydrogen-bond donors (Lipinski definition) is 0. The van der Waals surface area contributed by atoms with Crippen LogP contribution in [0.25, 0.3) is 0 Å². The van der Waals surface area contributed by atoms with Crippen molar-refractivity contribution in [3.63, 3.8) is 0 Å². The lowest BCUT2D eigenvalue weighted by atomic mass is 10.3. The van der Waals surface area contributed by atoms with Gasteiger partial charge in [0.2, 0.25) is 9.84 Å². The van der Waals surface area contributed by atoms with Gasteiger partial charge in [-0.15, -0.1) is 0 Å². The molecule has 0 amide bonds. The molecule has 0 bridgehead atoms. The third-order valence-electron chi connectivity index (χ3n) is 2.46. The molecular formula is C12H8FNO4S. The monoisotopic (exact) mass is 281 g/mol. The van der Waals surface area contributed by atoms with E-state index < -0.39 is 31.2 Å². The van der Waals surface area contributed by atoms with Crippen LogP contribution in [0, 0.1) is 15.9 Å². The molecular weight excluding hydrogens is 273 g/mol. The number of nitro benzene ring substituents is 1. The second-order valence-corrected chi connectivity index (χ2v) is 5.60. The quantitative estimate of drug-likeness (QED) is 0.492. The Morgan fingerprint density at radius 1 is 1.05 bits per heavy atom. The standard InChI is InChI=1S/C12H8FNO4S/c13-9-6-7-12(11(8-9)14(15)16)19(17,18)10-4-2-1-3-5-10/h1-8H. The molecule has 0 radical (unpaired) electrons. The molecule has 0 atom stereocenters. The Labute approximate surface area is 108 Å². The van der Waals surface area contributed by atoms with E-state index in [0.29, 0.717) is 6.07 Å². The molecule has 0 heterocycles. The van der Waals surface area contributed by atoms with Crippen LogP contribution >= 0.6 is 0 Å². The van der Waals surface area contributed by atoms with Gasteiger partial charge >= 0.3 is 0 Å². The zero-order valence-electron chi connectivity index (χ0n) is 9.49. The van der Waals surface area contributed by atoms with Crippen molar-refractivity contribution in [1.29, 1.82) is 0 Å². The summed E-state index contributed by atoms with van der Waals surface area (Å²) in [7, 11) is -4.04. The topological polar surface area (TPSA) is 77.3 Å². The molecule has 5 nitrogen and oxygen atoms in total. The van der Waals surface area contributed by atoms with Gasteiger partial charge in [-0.05, 0) is 24.3 Å². The van der Waals surface area contributed by atoms with Gasteiger partial charge in [0.1, 0.15) is 10.7 Å². The third-order valence-corrected chi connectivity index (χ3v) is 4.28. The van der Waals surface area contributed by atoms with Crippen LogP contribution in [0.4, 0.5) is 10.1 Å². The summed E-state index contributed by atoms with van der Waals surface area (Å²) in [6.07, 6.45) is 0. The zero-order valence-corrected chi connectivity index (χ0v) is 10.3. The average Bonchev–Trinajstić information content (AvgIpc) is 2.39. The summed E-state index contributed by atoms with van der Waals surface area (Å²) in [5.41, 5.74) is -0.774. The molecule has 0 aliphatic carbocycles. The molecule has 0 unspecified atom stereocenters. The first kappa shape index (κ1) is 13.2. The highest BCUT2D eigenvalue weighted by Gasteiger charge is 2.27. The number of sulfone groups is 1. The maximum absolute atomic E-state index is 13.0. The van der Waals surface area contributed by atoms with Gasteiger partial charge in [0.15, 0.2) is 0 Å². The minimum atomic E-state index is -4.04. The van der Waals surface area contributed by atoms with E-state index >= 15 is 0 Å². The Balaban J connectivity index is 2.69. The lowest BCUT2D eigenvalue weighted by Gasteiger charge is -2.05. The minimum absolute atomic E-state index is 0.0790. The summed E-state index contributed by atoms with van der Waals surface area (Å²) in [6, 6.07) is 9.64. The van der Waals surface area contributed by atoms with E-state index in [4.69, 9.17) is 0 Å². The normalized spacial score (nSPS) is 11.2. The van der Waals surface area contributed by atoms with Crippen molar-refractivity contribution in [2.75, 3.05) is 0 Å². The van der Waals surface area contributed by atoms with Gasteiger partial charge in [0, 0.05) is 0 Å².